The second kappa shape index (κ2) is 6.06. The van der Waals surface area contributed by atoms with Crippen LogP contribution in [-0.2, 0) is 20.9 Å². The molecule has 0 aromatic heterocycles. The minimum absolute atomic E-state index is 0.0230. The summed E-state index contributed by atoms with van der Waals surface area (Å²) in [6.07, 6.45) is 7.12. The van der Waals surface area contributed by atoms with E-state index in [-0.39, 0.29) is 6.61 Å². The van der Waals surface area contributed by atoms with Gasteiger partial charge in [-0.2, -0.15) is 0 Å². The first-order valence-corrected chi connectivity index (χ1v) is 7.79. The molecule has 1 aliphatic heterocycles. The maximum Gasteiger partial charge on any atom is 0.216 e. The summed E-state index contributed by atoms with van der Waals surface area (Å²) in [6.45, 7) is 4.80. The maximum atomic E-state index is 11.3. The highest BCUT2D eigenvalue weighted by molar-refractivity contribution is 5.51. The molecule has 0 radical (unpaired) electrons. The smallest absolute Gasteiger partial charge is 0.216 e. The molecule has 3 rings (SSSR count). The lowest BCUT2D eigenvalue weighted by atomic mass is 9.76. The van der Waals surface area contributed by atoms with Crippen molar-refractivity contribution in [3.05, 3.63) is 70.8 Å². The van der Waals surface area contributed by atoms with Crippen molar-refractivity contribution in [3.63, 3.8) is 0 Å². The zero-order chi connectivity index (χ0) is 16.5. The van der Waals surface area contributed by atoms with Gasteiger partial charge in [0.2, 0.25) is 5.79 Å². The van der Waals surface area contributed by atoms with Gasteiger partial charge >= 0.3 is 0 Å². The van der Waals surface area contributed by atoms with E-state index in [9.17, 15) is 5.11 Å². The van der Waals surface area contributed by atoms with Crippen LogP contribution in [0.1, 0.15) is 25.0 Å². The summed E-state index contributed by atoms with van der Waals surface area (Å²) in [5, 5.41) is 20.3. The molecule has 122 valence electrons. The third-order valence-corrected chi connectivity index (χ3v) is 4.44. The highest BCUT2D eigenvalue weighted by Crippen LogP contribution is 2.47. The largest absolute Gasteiger partial charge is 0.392 e. The average Bonchev–Trinajstić information content (AvgIpc) is 3.01. The number of allylic oxidation sites excluding steroid dienone is 2. The summed E-state index contributed by atoms with van der Waals surface area (Å²) in [6, 6.07) is 7.64. The van der Waals surface area contributed by atoms with E-state index in [4.69, 9.17) is 14.6 Å². The summed E-state index contributed by atoms with van der Waals surface area (Å²) < 4.78 is 11.7. The Balaban J connectivity index is 2.10. The van der Waals surface area contributed by atoms with Crippen LogP contribution in [0, 0.1) is 0 Å². The highest BCUT2D eigenvalue weighted by Gasteiger charge is 2.47. The van der Waals surface area contributed by atoms with Gasteiger partial charge in [-0.1, -0.05) is 42.0 Å². The standard InChI is InChI=1S/C19H22O4/c1-14(8-10-20)7-9-18(21)15(2)13-19(22-11-12-23-19)17-6-4-3-5-16(17)18/h3-9,13,20-21H,10-12H2,1-2H3/b9-7+,14-8-. The fourth-order valence-electron chi connectivity index (χ4n) is 3.16. The molecule has 1 aromatic carbocycles. The Morgan fingerprint density at radius 1 is 1.22 bits per heavy atom. The predicted molar refractivity (Wildman–Crippen MR) is 87.7 cm³/mol. The molecular formula is C19H22O4. The third kappa shape index (κ3) is 2.68. The second-order valence-electron chi connectivity index (χ2n) is 5.97. The third-order valence-electron chi connectivity index (χ3n) is 4.44. The van der Waals surface area contributed by atoms with Gasteiger partial charge in [-0.25, -0.2) is 0 Å². The lowest BCUT2D eigenvalue weighted by Gasteiger charge is -2.39. The molecule has 4 nitrogen and oxygen atoms in total. The number of benzene rings is 1. The number of aliphatic hydroxyl groups excluding tert-OH is 1. The molecule has 1 unspecified atom stereocenters. The first-order chi connectivity index (χ1) is 11.0. The Morgan fingerprint density at radius 3 is 2.52 bits per heavy atom. The second-order valence-corrected chi connectivity index (χ2v) is 5.97. The van der Waals surface area contributed by atoms with Crippen LogP contribution < -0.4 is 0 Å². The fourth-order valence-corrected chi connectivity index (χ4v) is 3.16. The van der Waals surface area contributed by atoms with Gasteiger partial charge in [-0.3, -0.25) is 0 Å². The summed E-state index contributed by atoms with van der Waals surface area (Å²) in [5.41, 5.74) is 2.02. The minimum Gasteiger partial charge on any atom is -0.392 e. The molecule has 1 heterocycles. The van der Waals surface area contributed by atoms with Gasteiger partial charge in [0.05, 0.1) is 19.8 Å². The highest BCUT2D eigenvalue weighted by atomic mass is 16.7. The molecule has 0 saturated carbocycles. The molecule has 1 aromatic rings. The molecule has 23 heavy (non-hydrogen) atoms. The van der Waals surface area contributed by atoms with Crippen LogP contribution in [0.5, 0.6) is 0 Å². The van der Waals surface area contributed by atoms with Gasteiger partial charge in [0, 0.05) is 11.1 Å². The number of aliphatic hydroxyl groups is 2. The van der Waals surface area contributed by atoms with Crippen LogP contribution in [0.3, 0.4) is 0 Å². The number of hydrogen-bond acceptors (Lipinski definition) is 4. The van der Waals surface area contributed by atoms with Crippen LogP contribution in [-0.4, -0.2) is 30.0 Å². The Kier molecular flexibility index (Phi) is 4.25. The van der Waals surface area contributed by atoms with Gasteiger partial charge < -0.3 is 19.7 Å². The van der Waals surface area contributed by atoms with Crippen LogP contribution >= 0.6 is 0 Å². The van der Waals surface area contributed by atoms with E-state index in [1.807, 2.05) is 50.3 Å². The van der Waals surface area contributed by atoms with Gasteiger partial charge in [0.25, 0.3) is 0 Å². The van der Waals surface area contributed by atoms with Crippen LogP contribution in [0.25, 0.3) is 0 Å². The van der Waals surface area contributed by atoms with Crippen molar-refractivity contribution in [2.45, 2.75) is 25.2 Å². The van der Waals surface area contributed by atoms with Gasteiger partial charge in [0.1, 0.15) is 5.60 Å². The molecule has 2 aliphatic rings. The summed E-state index contributed by atoms with van der Waals surface area (Å²) >= 11 is 0. The minimum atomic E-state index is -1.22. The molecule has 1 saturated heterocycles. The molecule has 2 N–H and O–H groups in total. The summed E-state index contributed by atoms with van der Waals surface area (Å²) in [7, 11) is 0. The number of hydrogen-bond donors (Lipinski definition) is 2. The number of rotatable bonds is 3. The zero-order valence-electron chi connectivity index (χ0n) is 13.5. The molecule has 1 atom stereocenters. The maximum absolute atomic E-state index is 11.3. The van der Waals surface area contributed by atoms with Crippen molar-refractivity contribution in [2.24, 2.45) is 0 Å². The molecular weight excluding hydrogens is 292 g/mol. The monoisotopic (exact) mass is 314 g/mol. The molecule has 1 fully saturated rings. The van der Waals surface area contributed by atoms with Crippen LogP contribution in [0.2, 0.25) is 0 Å². The Morgan fingerprint density at radius 2 is 1.87 bits per heavy atom. The number of fused-ring (bicyclic) bond motifs is 2. The first-order valence-electron chi connectivity index (χ1n) is 7.79. The lowest BCUT2D eigenvalue weighted by molar-refractivity contribution is -0.130. The van der Waals surface area contributed by atoms with E-state index in [1.54, 1.807) is 12.2 Å². The number of ether oxygens (including phenoxy) is 2. The van der Waals surface area contributed by atoms with Gasteiger partial charge in [0.15, 0.2) is 0 Å². The van der Waals surface area contributed by atoms with Crippen molar-refractivity contribution in [2.75, 3.05) is 19.8 Å². The van der Waals surface area contributed by atoms with E-state index in [1.165, 1.54) is 0 Å². The molecule has 1 aliphatic carbocycles. The topological polar surface area (TPSA) is 58.9 Å². The summed E-state index contributed by atoms with van der Waals surface area (Å²) in [4.78, 5) is 0. The van der Waals surface area contributed by atoms with E-state index < -0.39 is 11.4 Å². The van der Waals surface area contributed by atoms with Crippen molar-refractivity contribution < 1.29 is 19.7 Å². The molecule has 1 spiro atoms. The van der Waals surface area contributed by atoms with Crippen LogP contribution in [0.4, 0.5) is 0 Å². The van der Waals surface area contributed by atoms with E-state index >= 15 is 0 Å². The lowest BCUT2D eigenvalue weighted by Crippen LogP contribution is -2.38. The Hall–Kier alpha value is -1.72. The SMILES string of the molecule is CC1=CC2(OCCO2)c2ccccc2C1(O)/C=C/C(C)=C\CO. The zero-order valence-corrected chi connectivity index (χ0v) is 13.5. The van der Waals surface area contributed by atoms with Crippen molar-refractivity contribution in [3.8, 4) is 0 Å². The van der Waals surface area contributed by atoms with Crippen molar-refractivity contribution in [1.29, 1.82) is 0 Å². The molecule has 0 amide bonds. The molecule has 4 heteroatoms. The molecule has 0 bridgehead atoms. The van der Waals surface area contributed by atoms with E-state index in [0.29, 0.717) is 13.2 Å². The van der Waals surface area contributed by atoms with Crippen molar-refractivity contribution >= 4 is 0 Å². The van der Waals surface area contributed by atoms with Crippen LogP contribution in [0.15, 0.2) is 59.7 Å². The summed E-state index contributed by atoms with van der Waals surface area (Å²) in [5.74, 6) is -0.892. The quantitative estimate of drug-likeness (QED) is 0.665. The van der Waals surface area contributed by atoms with Crippen molar-refractivity contribution in [1.82, 2.24) is 0 Å². The van der Waals surface area contributed by atoms with E-state index in [2.05, 4.69) is 0 Å². The first kappa shape index (κ1) is 16.1. The average molecular weight is 314 g/mol. The van der Waals surface area contributed by atoms with Gasteiger partial charge in [-0.15, -0.1) is 0 Å². The normalized spacial score (nSPS) is 26.6. The van der Waals surface area contributed by atoms with E-state index in [0.717, 1.165) is 22.3 Å². The van der Waals surface area contributed by atoms with Gasteiger partial charge in [-0.05, 0) is 31.6 Å². The Labute approximate surface area is 136 Å². The fraction of sp³-hybridized carbons (Fsp3) is 0.368. The Bertz CT molecular complexity index is 680. The predicted octanol–water partition coefficient (Wildman–Crippen LogP) is 2.53.